The summed E-state index contributed by atoms with van der Waals surface area (Å²) in [5, 5.41) is 3.60. The number of carbonyl (C=O) groups excluding carboxylic acids is 1. The van der Waals surface area contributed by atoms with Crippen molar-refractivity contribution in [1.82, 2.24) is 5.32 Å². The quantitative estimate of drug-likeness (QED) is 0.305. The van der Waals surface area contributed by atoms with Gasteiger partial charge in [-0.3, -0.25) is 9.10 Å². The number of carbonyl (C=O) groups is 1. The van der Waals surface area contributed by atoms with Gasteiger partial charge in [0.2, 0.25) is 10.0 Å². The van der Waals surface area contributed by atoms with E-state index in [4.69, 9.17) is 11.6 Å². The van der Waals surface area contributed by atoms with Crippen LogP contribution in [0.5, 0.6) is 0 Å². The molecule has 0 saturated carbocycles. The molecule has 5 nitrogen and oxygen atoms in total. The van der Waals surface area contributed by atoms with E-state index in [-0.39, 0.29) is 18.5 Å². The second kappa shape index (κ2) is 11.0. The summed E-state index contributed by atoms with van der Waals surface area (Å²) in [6, 6.07) is 31.3. The number of hydrogen-bond acceptors (Lipinski definition) is 3. The van der Waals surface area contributed by atoms with Gasteiger partial charge in [-0.1, -0.05) is 90.0 Å². The average Bonchev–Trinajstić information content (AvgIpc) is 2.86. The van der Waals surface area contributed by atoms with Gasteiger partial charge >= 0.3 is 0 Å². The maximum Gasteiger partial charge on any atom is 0.252 e. The molecule has 0 aromatic heterocycles. The molecule has 7 heteroatoms. The summed E-state index contributed by atoms with van der Waals surface area (Å²) in [5.74, 6) is -0.217. The lowest BCUT2D eigenvalue weighted by molar-refractivity contribution is 0.0943. The molecular weight excluding hydrogens is 492 g/mol. The molecule has 0 aliphatic carbocycles. The minimum atomic E-state index is -3.54. The minimum Gasteiger partial charge on any atom is -0.341 e. The van der Waals surface area contributed by atoms with Gasteiger partial charge in [-0.15, -0.1) is 0 Å². The Bertz CT molecular complexity index is 1440. The zero-order valence-electron chi connectivity index (χ0n) is 20.1. The monoisotopic (exact) mass is 518 g/mol. The van der Waals surface area contributed by atoms with Crippen LogP contribution in [0, 0.1) is 6.92 Å². The maximum atomic E-state index is 13.2. The SMILES string of the molecule is Cc1ccc(C(NC(=O)c2ccc(CN(c3cccc(Cl)c3)S(C)(=O)=O)cc2)c2ccccc2)cc1. The Hall–Kier alpha value is -3.61. The normalized spacial score (nSPS) is 12.1. The number of benzene rings is 4. The van der Waals surface area contributed by atoms with Gasteiger partial charge in [0.05, 0.1) is 24.5 Å². The Kier molecular flexibility index (Phi) is 7.77. The average molecular weight is 519 g/mol. The van der Waals surface area contributed by atoms with Crippen LogP contribution in [0.3, 0.4) is 0 Å². The minimum absolute atomic E-state index is 0.122. The standard InChI is InChI=1S/C29H27ClN2O3S/c1-21-11-15-24(16-12-21)28(23-7-4-3-5-8-23)31-29(33)25-17-13-22(14-18-25)20-32(36(2,34)35)27-10-6-9-26(30)19-27/h3-19,28H,20H2,1-2H3,(H,31,33). The first kappa shape index (κ1) is 25.5. The number of rotatable bonds is 8. The van der Waals surface area contributed by atoms with Crippen LogP contribution in [0.2, 0.25) is 5.02 Å². The molecule has 1 atom stereocenters. The Labute approximate surface area is 217 Å². The summed E-state index contributed by atoms with van der Waals surface area (Å²) in [4.78, 5) is 13.2. The Morgan fingerprint density at radius 1 is 0.861 bits per heavy atom. The van der Waals surface area contributed by atoms with Gasteiger partial charge < -0.3 is 5.32 Å². The first-order valence-electron chi connectivity index (χ1n) is 11.5. The van der Waals surface area contributed by atoms with Gasteiger partial charge in [-0.2, -0.15) is 0 Å². The molecule has 184 valence electrons. The van der Waals surface area contributed by atoms with Crippen molar-refractivity contribution in [2.45, 2.75) is 19.5 Å². The molecule has 0 saturated heterocycles. The van der Waals surface area contributed by atoms with E-state index >= 15 is 0 Å². The summed E-state index contributed by atoms with van der Waals surface area (Å²) in [6.07, 6.45) is 1.16. The summed E-state index contributed by atoms with van der Waals surface area (Å²) < 4.78 is 26.2. The Balaban J connectivity index is 1.54. The van der Waals surface area contributed by atoms with Gasteiger partial charge in [0.15, 0.2) is 0 Å². The van der Waals surface area contributed by atoms with E-state index in [0.29, 0.717) is 16.3 Å². The third kappa shape index (κ3) is 6.33. The van der Waals surface area contributed by atoms with Crippen molar-refractivity contribution >= 4 is 33.2 Å². The number of halogens is 1. The number of anilines is 1. The van der Waals surface area contributed by atoms with E-state index in [1.165, 1.54) is 4.31 Å². The zero-order chi connectivity index (χ0) is 25.7. The summed E-state index contributed by atoms with van der Waals surface area (Å²) >= 11 is 6.07. The fourth-order valence-corrected chi connectivity index (χ4v) is 5.00. The molecule has 1 amide bonds. The van der Waals surface area contributed by atoms with Gasteiger partial charge in [0.1, 0.15) is 0 Å². The highest BCUT2D eigenvalue weighted by Crippen LogP contribution is 2.25. The van der Waals surface area contributed by atoms with Crippen molar-refractivity contribution < 1.29 is 13.2 Å². The molecule has 0 fully saturated rings. The van der Waals surface area contributed by atoms with E-state index < -0.39 is 10.0 Å². The van der Waals surface area contributed by atoms with E-state index in [0.717, 1.165) is 28.5 Å². The molecule has 36 heavy (non-hydrogen) atoms. The molecule has 1 N–H and O–H groups in total. The summed E-state index contributed by atoms with van der Waals surface area (Å²) in [7, 11) is -3.54. The molecule has 0 heterocycles. The van der Waals surface area contributed by atoms with Crippen molar-refractivity contribution in [3.63, 3.8) is 0 Å². The largest absolute Gasteiger partial charge is 0.341 e. The van der Waals surface area contributed by atoms with Gasteiger partial charge in [-0.25, -0.2) is 8.42 Å². The molecule has 4 aromatic carbocycles. The Morgan fingerprint density at radius 3 is 2.11 bits per heavy atom. The summed E-state index contributed by atoms with van der Waals surface area (Å²) in [5.41, 5.74) is 4.83. The van der Waals surface area contributed by atoms with Crippen LogP contribution in [0.15, 0.2) is 103 Å². The lowest BCUT2D eigenvalue weighted by atomic mass is 9.97. The molecular formula is C29H27ClN2O3S. The highest BCUT2D eigenvalue weighted by Gasteiger charge is 2.20. The van der Waals surface area contributed by atoms with Crippen LogP contribution >= 0.6 is 11.6 Å². The predicted octanol–water partition coefficient (Wildman–Crippen LogP) is 6.13. The molecule has 0 bridgehead atoms. The van der Waals surface area contributed by atoms with Crippen LogP contribution in [0.4, 0.5) is 5.69 Å². The Morgan fingerprint density at radius 2 is 1.50 bits per heavy atom. The summed E-state index contributed by atoms with van der Waals surface area (Å²) in [6.45, 7) is 2.15. The zero-order valence-corrected chi connectivity index (χ0v) is 21.6. The maximum absolute atomic E-state index is 13.2. The van der Waals surface area contributed by atoms with E-state index in [1.807, 2.05) is 61.5 Å². The van der Waals surface area contributed by atoms with Crippen LogP contribution in [0.1, 0.15) is 38.7 Å². The highest BCUT2D eigenvalue weighted by molar-refractivity contribution is 7.92. The number of nitrogens with one attached hydrogen (secondary N) is 1. The van der Waals surface area contributed by atoms with E-state index in [2.05, 4.69) is 5.32 Å². The smallest absolute Gasteiger partial charge is 0.252 e. The van der Waals surface area contributed by atoms with Crippen molar-refractivity contribution in [2.24, 2.45) is 0 Å². The van der Waals surface area contributed by atoms with E-state index in [9.17, 15) is 13.2 Å². The van der Waals surface area contributed by atoms with Gasteiger partial charge in [0, 0.05) is 10.6 Å². The van der Waals surface area contributed by atoms with E-state index in [1.54, 1.807) is 48.5 Å². The fourth-order valence-electron chi connectivity index (χ4n) is 3.94. The molecule has 0 aliphatic heterocycles. The lowest BCUT2D eigenvalue weighted by Crippen LogP contribution is -2.30. The topological polar surface area (TPSA) is 66.5 Å². The van der Waals surface area contributed by atoms with Crippen LogP contribution in [-0.2, 0) is 16.6 Å². The lowest BCUT2D eigenvalue weighted by Gasteiger charge is -2.23. The van der Waals surface area contributed by atoms with Gasteiger partial charge in [0.25, 0.3) is 5.91 Å². The number of nitrogens with zero attached hydrogens (tertiary/aromatic N) is 1. The second-order valence-electron chi connectivity index (χ2n) is 8.67. The molecule has 0 radical (unpaired) electrons. The van der Waals surface area contributed by atoms with Crippen molar-refractivity contribution in [2.75, 3.05) is 10.6 Å². The predicted molar refractivity (Wildman–Crippen MR) is 146 cm³/mol. The van der Waals surface area contributed by atoms with Crippen LogP contribution in [0.25, 0.3) is 0 Å². The van der Waals surface area contributed by atoms with Crippen molar-refractivity contribution in [1.29, 1.82) is 0 Å². The molecule has 4 aromatic rings. The molecule has 4 rings (SSSR count). The third-order valence-electron chi connectivity index (χ3n) is 5.86. The number of hydrogen-bond donors (Lipinski definition) is 1. The first-order valence-corrected chi connectivity index (χ1v) is 13.7. The first-order chi connectivity index (χ1) is 17.2. The number of aryl methyl sites for hydroxylation is 1. The van der Waals surface area contributed by atoms with Crippen LogP contribution < -0.4 is 9.62 Å². The molecule has 0 spiro atoms. The molecule has 1 unspecified atom stereocenters. The van der Waals surface area contributed by atoms with Crippen molar-refractivity contribution in [3.8, 4) is 0 Å². The van der Waals surface area contributed by atoms with Gasteiger partial charge in [-0.05, 0) is 53.9 Å². The highest BCUT2D eigenvalue weighted by atomic mass is 35.5. The van der Waals surface area contributed by atoms with Crippen molar-refractivity contribution in [3.05, 3.63) is 136 Å². The number of sulfonamides is 1. The number of amides is 1. The second-order valence-corrected chi connectivity index (χ2v) is 11.0. The third-order valence-corrected chi connectivity index (χ3v) is 7.23. The molecule has 0 aliphatic rings. The fraction of sp³-hybridized carbons (Fsp3) is 0.138. The van der Waals surface area contributed by atoms with Crippen LogP contribution in [-0.4, -0.2) is 20.6 Å².